The highest BCUT2D eigenvalue weighted by Gasteiger charge is 2.19. The average Bonchev–Trinajstić information content (AvgIpc) is 3.54. The number of hydrogen-bond donors (Lipinski definition) is 2. The molecule has 2 N–H and O–H groups in total. The third-order valence-corrected chi connectivity index (χ3v) is 7.97. The van der Waals surface area contributed by atoms with Crippen LogP contribution in [-0.4, -0.2) is 9.97 Å². The van der Waals surface area contributed by atoms with E-state index >= 15 is 0 Å². The lowest BCUT2D eigenvalue weighted by Crippen LogP contribution is -1.83. The Hall–Kier alpha value is -3.77. The van der Waals surface area contributed by atoms with Gasteiger partial charge in [-0.1, -0.05) is 54.6 Å². The van der Waals surface area contributed by atoms with E-state index in [-0.39, 0.29) is 0 Å². The van der Waals surface area contributed by atoms with Gasteiger partial charge in [-0.25, -0.2) is 0 Å². The quantitative estimate of drug-likeness (QED) is 0.198. The summed E-state index contributed by atoms with van der Waals surface area (Å²) in [5.41, 5.74) is 8.80. The molecular formula is C30H17IN2O. The van der Waals surface area contributed by atoms with Gasteiger partial charge in [0.25, 0.3) is 0 Å². The monoisotopic (exact) mass is 548 g/mol. The third-order valence-electron chi connectivity index (χ3n) is 7.03. The highest BCUT2D eigenvalue weighted by Crippen LogP contribution is 2.43. The number of fused-ring (bicyclic) bond motifs is 11. The SMILES string of the molecule is Ic1ccccc1-c1cccc2c1[nH]c1ccc3c4ccc5[nH]c6ccccc6c5c4oc3c12. The molecule has 0 aliphatic rings. The fourth-order valence-corrected chi connectivity index (χ4v) is 6.21. The van der Waals surface area contributed by atoms with Crippen molar-refractivity contribution in [1.29, 1.82) is 0 Å². The first-order chi connectivity index (χ1) is 16.8. The van der Waals surface area contributed by atoms with Crippen LogP contribution >= 0.6 is 22.6 Å². The summed E-state index contributed by atoms with van der Waals surface area (Å²) in [6, 6.07) is 32.2. The third kappa shape index (κ3) is 2.36. The lowest BCUT2D eigenvalue weighted by molar-refractivity contribution is 0.677. The summed E-state index contributed by atoms with van der Waals surface area (Å²) in [7, 11) is 0. The Kier molecular flexibility index (Phi) is 3.64. The zero-order chi connectivity index (χ0) is 22.4. The predicted octanol–water partition coefficient (Wildman–Crippen LogP) is 9.13. The lowest BCUT2D eigenvalue weighted by Gasteiger charge is -2.06. The maximum Gasteiger partial charge on any atom is 0.145 e. The molecule has 4 heteroatoms. The van der Waals surface area contributed by atoms with Gasteiger partial charge in [0.15, 0.2) is 0 Å². The van der Waals surface area contributed by atoms with Gasteiger partial charge in [-0.3, -0.25) is 0 Å². The number of halogens is 1. The van der Waals surface area contributed by atoms with Crippen LogP contribution < -0.4 is 0 Å². The molecule has 0 spiro atoms. The Morgan fingerprint density at radius 3 is 1.97 bits per heavy atom. The van der Waals surface area contributed by atoms with Crippen molar-refractivity contribution in [1.82, 2.24) is 9.97 Å². The van der Waals surface area contributed by atoms with Gasteiger partial charge in [0.1, 0.15) is 11.2 Å². The van der Waals surface area contributed by atoms with Crippen LogP contribution in [0.5, 0.6) is 0 Å². The molecule has 0 aliphatic carbocycles. The fourth-order valence-electron chi connectivity index (χ4n) is 5.54. The van der Waals surface area contributed by atoms with E-state index < -0.39 is 0 Å². The van der Waals surface area contributed by atoms with E-state index in [0.29, 0.717) is 0 Å². The van der Waals surface area contributed by atoms with Gasteiger partial charge < -0.3 is 14.4 Å². The Labute approximate surface area is 207 Å². The van der Waals surface area contributed by atoms with Gasteiger partial charge in [-0.15, -0.1) is 0 Å². The molecule has 8 rings (SSSR count). The van der Waals surface area contributed by atoms with E-state index in [1.165, 1.54) is 25.5 Å². The Morgan fingerprint density at radius 2 is 1.15 bits per heavy atom. The molecule has 8 aromatic rings. The molecule has 0 amide bonds. The molecule has 160 valence electrons. The van der Waals surface area contributed by atoms with E-state index in [1.54, 1.807) is 0 Å². The smallest absolute Gasteiger partial charge is 0.145 e. The van der Waals surface area contributed by atoms with E-state index in [0.717, 1.165) is 54.8 Å². The molecule has 0 radical (unpaired) electrons. The first kappa shape index (κ1) is 18.6. The van der Waals surface area contributed by atoms with Crippen molar-refractivity contribution in [3.05, 3.63) is 94.6 Å². The molecular weight excluding hydrogens is 531 g/mol. The van der Waals surface area contributed by atoms with E-state index in [9.17, 15) is 0 Å². The molecule has 0 bridgehead atoms. The minimum atomic E-state index is 0.941. The van der Waals surface area contributed by atoms with Crippen molar-refractivity contribution < 1.29 is 4.42 Å². The molecule has 0 saturated heterocycles. The lowest BCUT2D eigenvalue weighted by atomic mass is 10.0. The van der Waals surface area contributed by atoms with Crippen molar-refractivity contribution in [3.8, 4) is 11.1 Å². The molecule has 0 saturated carbocycles. The number of rotatable bonds is 1. The second-order valence-corrected chi connectivity index (χ2v) is 10.00. The summed E-state index contributed by atoms with van der Waals surface area (Å²) >= 11 is 2.42. The van der Waals surface area contributed by atoms with Crippen LogP contribution in [0.15, 0.2) is 95.4 Å². The predicted molar refractivity (Wildman–Crippen MR) is 151 cm³/mol. The molecule has 5 aromatic carbocycles. The van der Waals surface area contributed by atoms with Crippen molar-refractivity contribution in [2.45, 2.75) is 0 Å². The van der Waals surface area contributed by atoms with Crippen LogP contribution in [0.2, 0.25) is 0 Å². The summed E-state index contributed by atoms with van der Waals surface area (Å²) in [5.74, 6) is 0. The summed E-state index contributed by atoms with van der Waals surface area (Å²) in [4.78, 5) is 7.24. The minimum Gasteiger partial charge on any atom is -0.455 e. The van der Waals surface area contributed by atoms with Crippen LogP contribution in [0.4, 0.5) is 0 Å². The maximum absolute atomic E-state index is 6.74. The molecule has 34 heavy (non-hydrogen) atoms. The number of H-pyrrole nitrogens is 2. The Balaban J connectivity index is 1.53. The number of hydrogen-bond acceptors (Lipinski definition) is 1. The minimum absolute atomic E-state index is 0.941. The van der Waals surface area contributed by atoms with Crippen LogP contribution in [0.3, 0.4) is 0 Å². The van der Waals surface area contributed by atoms with Gasteiger partial charge in [0.2, 0.25) is 0 Å². The number of aromatic nitrogens is 2. The maximum atomic E-state index is 6.74. The van der Waals surface area contributed by atoms with Crippen LogP contribution in [0, 0.1) is 3.57 Å². The summed E-state index contributed by atoms with van der Waals surface area (Å²) < 4.78 is 7.98. The number of para-hydroxylation sites is 2. The van der Waals surface area contributed by atoms with E-state index in [4.69, 9.17) is 4.42 Å². The van der Waals surface area contributed by atoms with Gasteiger partial charge in [0, 0.05) is 36.2 Å². The Morgan fingerprint density at radius 1 is 0.500 bits per heavy atom. The van der Waals surface area contributed by atoms with Crippen LogP contribution in [0.25, 0.3) is 76.7 Å². The number of furan rings is 1. The molecule has 0 aliphatic heterocycles. The molecule has 0 unspecified atom stereocenters. The molecule has 3 nitrogen and oxygen atoms in total. The molecule has 3 aromatic heterocycles. The zero-order valence-electron chi connectivity index (χ0n) is 17.9. The summed E-state index contributed by atoms with van der Waals surface area (Å²) in [6.07, 6.45) is 0. The zero-order valence-corrected chi connectivity index (χ0v) is 20.1. The number of nitrogens with one attached hydrogen (secondary N) is 2. The van der Waals surface area contributed by atoms with Crippen LogP contribution in [-0.2, 0) is 0 Å². The molecule has 0 fully saturated rings. The van der Waals surface area contributed by atoms with Crippen molar-refractivity contribution >= 4 is 88.1 Å². The van der Waals surface area contributed by atoms with Gasteiger partial charge in [-0.05, 0) is 64.6 Å². The first-order valence-electron chi connectivity index (χ1n) is 11.3. The van der Waals surface area contributed by atoms with Crippen molar-refractivity contribution in [3.63, 3.8) is 0 Å². The van der Waals surface area contributed by atoms with Crippen molar-refractivity contribution in [2.75, 3.05) is 0 Å². The fraction of sp³-hybridized carbons (Fsp3) is 0. The second kappa shape index (κ2) is 6.64. The van der Waals surface area contributed by atoms with Gasteiger partial charge in [0.05, 0.1) is 27.3 Å². The highest BCUT2D eigenvalue weighted by atomic mass is 127. The summed E-state index contributed by atoms with van der Waals surface area (Å²) in [5, 5.41) is 6.97. The molecule has 3 heterocycles. The Bertz CT molecular complexity index is 2090. The van der Waals surface area contributed by atoms with E-state index in [2.05, 4.69) is 124 Å². The van der Waals surface area contributed by atoms with Gasteiger partial charge >= 0.3 is 0 Å². The number of aromatic amines is 2. The van der Waals surface area contributed by atoms with Gasteiger partial charge in [-0.2, -0.15) is 0 Å². The second-order valence-electron chi connectivity index (χ2n) is 8.84. The highest BCUT2D eigenvalue weighted by molar-refractivity contribution is 14.1. The standard InChI is InChI=1S/C30H17IN2O/c31-22-10-3-1-6-16(22)17-8-5-9-21-27-25(33-28(17)21)15-13-19-18-12-14-24-26(29(18)34-30(19)27)20-7-2-4-11-23(20)32-24/h1-15,32-33H. The molecule has 0 atom stereocenters. The summed E-state index contributed by atoms with van der Waals surface area (Å²) in [6.45, 7) is 0. The largest absolute Gasteiger partial charge is 0.455 e. The normalized spacial score (nSPS) is 12.3. The average molecular weight is 548 g/mol. The topological polar surface area (TPSA) is 44.7 Å². The van der Waals surface area contributed by atoms with Crippen LogP contribution in [0.1, 0.15) is 0 Å². The van der Waals surface area contributed by atoms with E-state index in [1.807, 2.05) is 0 Å². The van der Waals surface area contributed by atoms with Crippen molar-refractivity contribution in [2.24, 2.45) is 0 Å². The first-order valence-corrected chi connectivity index (χ1v) is 12.4. The number of benzene rings is 5.